The van der Waals surface area contributed by atoms with Crippen molar-refractivity contribution in [3.05, 3.63) is 46.8 Å². The molecular formula is C28H42N6O2. The maximum atomic E-state index is 13.1. The number of carbonyl (C=O) groups is 1. The molecule has 2 aliphatic rings. The molecule has 8 nitrogen and oxygen atoms in total. The zero-order valence-corrected chi connectivity index (χ0v) is 22.1. The largest absolute Gasteiger partial charge is 0.444 e. The van der Waals surface area contributed by atoms with Crippen molar-refractivity contribution in [3.63, 3.8) is 0 Å². The predicted molar refractivity (Wildman–Crippen MR) is 145 cm³/mol. The molecule has 2 aromatic rings. The number of anilines is 2. The van der Waals surface area contributed by atoms with Crippen LogP contribution in [-0.2, 0) is 30.4 Å². The van der Waals surface area contributed by atoms with Gasteiger partial charge in [-0.15, -0.1) is 0 Å². The Labute approximate surface area is 215 Å². The summed E-state index contributed by atoms with van der Waals surface area (Å²) in [7, 11) is 0. The van der Waals surface area contributed by atoms with Crippen LogP contribution in [0.2, 0.25) is 0 Å². The Bertz CT molecular complexity index is 1040. The third kappa shape index (κ3) is 7.32. The minimum atomic E-state index is -0.535. The van der Waals surface area contributed by atoms with E-state index in [1.54, 1.807) is 0 Å². The molecule has 0 spiro atoms. The minimum Gasteiger partial charge on any atom is -0.444 e. The van der Waals surface area contributed by atoms with Crippen LogP contribution in [0.4, 0.5) is 16.4 Å². The number of nitrogens with two attached hydrogens (primary N) is 1. The van der Waals surface area contributed by atoms with Gasteiger partial charge in [-0.25, -0.2) is 14.8 Å². The summed E-state index contributed by atoms with van der Waals surface area (Å²) in [5, 5.41) is 7.00. The lowest BCUT2D eigenvalue weighted by molar-refractivity contribution is 0.0238. The maximum Gasteiger partial charge on any atom is 0.410 e. The number of aromatic nitrogens is 2. The first-order chi connectivity index (χ1) is 17.3. The maximum absolute atomic E-state index is 13.1. The van der Waals surface area contributed by atoms with E-state index in [9.17, 15) is 4.79 Å². The fourth-order valence-electron chi connectivity index (χ4n) is 4.82. The molecule has 4 heterocycles. The average molecular weight is 495 g/mol. The van der Waals surface area contributed by atoms with Gasteiger partial charge < -0.3 is 26.0 Å². The van der Waals surface area contributed by atoms with E-state index in [2.05, 4.69) is 34.9 Å². The number of nitrogens with one attached hydrogen (secondary N) is 2. The van der Waals surface area contributed by atoms with Crippen LogP contribution in [0.3, 0.4) is 0 Å². The smallest absolute Gasteiger partial charge is 0.410 e. The summed E-state index contributed by atoms with van der Waals surface area (Å²) < 4.78 is 5.76. The molecule has 196 valence electrons. The number of carbonyl (C=O) groups excluding carboxylic acids is 1. The first-order valence-electron chi connectivity index (χ1n) is 13.5. The van der Waals surface area contributed by atoms with Crippen LogP contribution in [0.5, 0.6) is 0 Å². The van der Waals surface area contributed by atoms with Crippen LogP contribution in [0.1, 0.15) is 69.0 Å². The second-order valence-corrected chi connectivity index (χ2v) is 11.0. The third-order valence-corrected chi connectivity index (χ3v) is 6.68. The quantitative estimate of drug-likeness (QED) is 0.477. The van der Waals surface area contributed by atoms with Crippen LogP contribution in [-0.4, -0.2) is 58.8 Å². The van der Waals surface area contributed by atoms with E-state index in [0.29, 0.717) is 19.6 Å². The monoisotopic (exact) mass is 494 g/mol. The fourth-order valence-corrected chi connectivity index (χ4v) is 4.82. The van der Waals surface area contributed by atoms with Gasteiger partial charge in [0.25, 0.3) is 0 Å². The summed E-state index contributed by atoms with van der Waals surface area (Å²) in [5.41, 5.74) is 9.79. The first-order valence-corrected chi connectivity index (χ1v) is 13.5. The molecule has 1 atom stereocenters. The Kier molecular flexibility index (Phi) is 8.67. The van der Waals surface area contributed by atoms with Crippen LogP contribution in [0.25, 0.3) is 0 Å². The van der Waals surface area contributed by atoms with E-state index in [4.69, 9.17) is 20.4 Å². The molecule has 0 fully saturated rings. The van der Waals surface area contributed by atoms with Crippen molar-refractivity contribution in [1.29, 1.82) is 0 Å². The van der Waals surface area contributed by atoms with Gasteiger partial charge in [-0.2, -0.15) is 0 Å². The van der Waals surface area contributed by atoms with Gasteiger partial charge in [0.15, 0.2) is 0 Å². The number of ether oxygens (including phenoxy) is 1. The zero-order valence-electron chi connectivity index (χ0n) is 22.1. The first kappa shape index (κ1) is 26.2. The summed E-state index contributed by atoms with van der Waals surface area (Å²) in [6, 6.07) is 8.72. The lowest BCUT2D eigenvalue weighted by Crippen LogP contribution is -2.45. The standard InChI is InChI=1S/C28H42N6O2/c1-28(2,3)36-27(35)34(18-6-9-23-13-10-20-7-5-17-30-25(20)31-23)19-24-15-12-21-11-14-22(8-4-16-29)32-26(21)33-24/h10-11,13-14,24H,4-9,12,15-19,29H2,1-3H3,(H,30,31)(H,32,33). The Morgan fingerprint density at radius 3 is 2.47 bits per heavy atom. The number of aryl methyl sites for hydroxylation is 4. The molecule has 36 heavy (non-hydrogen) atoms. The van der Waals surface area contributed by atoms with E-state index in [0.717, 1.165) is 80.9 Å². The van der Waals surface area contributed by atoms with Crippen molar-refractivity contribution < 1.29 is 9.53 Å². The van der Waals surface area contributed by atoms with Gasteiger partial charge in [-0.3, -0.25) is 0 Å². The van der Waals surface area contributed by atoms with Crippen molar-refractivity contribution in [2.24, 2.45) is 5.73 Å². The van der Waals surface area contributed by atoms with E-state index in [1.165, 1.54) is 11.1 Å². The molecular weight excluding hydrogens is 452 g/mol. The second-order valence-electron chi connectivity index (χ2n) is 11.0. The highest BCUT2D eigenvalue weighted by molar-refractivity contribution is 5.68. The van der Waals surface area contributed by atoms with Crippen LogP contribution >= 0.6 is 0 Å². The number of rotatable bonds is 9. The fraction of sp³-hybridized carbons (Fsp3) is 0.607. The number of nitrogens with zero attached hydrogens (tertiary/aromatic N) is 3. The number of hydrogen-bond donors (Lipinski definition) is 3. The molecule has 0 aromatic carbocycles. The number of pyridine rings is 2. The summed E-state index contributed by atoms with van der Waals surface area (Å²) >= 11 is 0. The summed E-state index contributed by atoms with van der Waals surface area (Å²) in [6.07, 6.45) is 7.34. The van der Waals surface area contributed by atoms with Crippen molar-refractivity contribution in [1.82, 2.24) is 14.9 Å². The van der Waals surface area contributed by atoms with Crippen molar-refractivity contribution in [2.75, 3.05) is 36.8 Å². The van der Waals surface area contributed by atoms with Crippen LogP contribution in [0, 0.1) is 0 Å². The van der Waals surface area contributed by atoms with Gasteiger partial charge in [-0.05, 0) is 102 Å². The van der Waals surface area contributed by atoms with Crippen molar-refractivity contribution >= 4 is 17.7 Å². The SMILES string of the molecule is CC(C)(C)OC(=O)N(CCCc1ccc2c(n1)NCCC2)CC1CCc2ccc(CCCN)nc2N1. The molecule has 8 heteroatoms. The molecule has 0 saturated carbocycles. The van der Waals surface area contributed by atoms with E-state index >= 15 is 0 Å². The van der Waals surface area contributed by atoms with Gasteiger partial charge in [0.2, 0.25) is 0 Å². The molecule has 1 unspecified atom stereocenters. The highest BCUT2D eigenvalue weighted by Crippen LogP contribution is 2.25. The Balaban J connectivity index is 1.38. The van der Waals surface area contributed by atoms with Crippen molar-refractivity contribution in [3.8, 4) is 0 Å². The van der Waals surface area contributed by atoms with Gasteiger partial charge in [0.05, 0.1) is 0 Å². The molecule has 2 aromatic heterocycles. The molecule has 1 amide bonds. The van der Waals surface area contributed by atoms with Crippen LogP contribution < -0.4 is 16.4 Å². The van der Waals surface area contributed by atoms with Crippen molar-refractivity contribution in [2.45, 2.75) is 83.8 Å². The third-order valence-electron chi connectivity index (χ3n) is 6.68. The Morgan fingerprint density at radius 1 is 1.06 bits per heavy atom. The zero-order chi connectivity index (χ0) is 25.5. The van der Waals surface area contributed by atoms with Crippen LogP contribution in [0.15, 0.2) is 24.3 Å². The Morgan fingerprint density at radius 2 is 1.75 bits per heavy atom. The van der Waals surface area contributed by atoms with E-state index in [1.807, 2.05) is 25.7 Å². The van der Waals surface area contributed by atoms with Gasteiger partial charge in [-0.1, -0.05) is 12.1 Å². The predicted octanol–water partition coefficient (Wildman–Crippen LogP) is 4.32. The summed E-state index contributed by atoms with van der Waals surface area (Å²) in [5.74, 6) is 1.96. The molecule has 4 rings (SSSR count). The normalized spacial score (nSPS) is 16.8. The highest BCUT2D eigenvalue weighted by Gasteiger charge is 2.27. The minimum absolute atomic E-state index is 0.133. The number of amides is 1. The molecule has 0 bridgehead atoms. The lowest BCUT2D eigenvalue weighted by atomic mass is 9.99. The number of fused-ring (bicyclic) bond motifs is 2. The van der Waals surface area contributed by atoms with Gasteiger partial charge in [0, 0.05) is 37.1 Å². The molecule has 4 N–H and O–H groups in total. The molecule has 0 radical (unpaired) electrons. The van der Waals surface area contributed by atoms with E-state index in [-0.39, 0.29) is 12.1 Å². The van der Waals surface area contributed by atoms with E-state index < -0.39 is 5.60 Å². The molecule has 0 saturated heterocycles. The summed E-state index contributed by atoms with van der Waals surface area (Å²) in [4.78, 5) is 24.6. The topological polar surface area (TPSA) is 105 Å². The molecule has 0 aliphatic carbocycles. The van der Waals surface area contributed by atoms with Gasteiger partial charge >= 0.3 is 6.09 Å². The Hall–Kier alpha value is -2.87. The molecule has 2 aliphatic heterocycles. The summed E-state index contributed by atoms with van der Waals surface area (Å²) in [6.45, 7) is 8.59. The highest BCUT2D eigenvalue weighted by atomic mass is 16.6. The second kappa shape index (κ2) is 11.9. The number of hydrogen-bond acceptors (Lipinski definition) is 7. The average Bonchev–Trinajstić information content (AvgIpc) is 2.85. The van der Waals surface area contributed by atoms with Gasteiger partial charge in [0.1, 0.15) is 17.2 Å². The lowest BCUT2D eigenvalue weighted by Gasteiger charge is -2.33.